The van der Waals surface area contributed by atoms with E-state index in [0.29, 0.717) is 0 Å². The first kappa shape index (κ1) is 32.3. The smallest absolute Gasteiger partial charge is 1.00 e. The van der Waals surface area contributed by atoms with E-state index in [1.54, 1.807) is 0 Å². The van der Waals surface area contributed by atoms with E-state index >= 15 is 0 Å². The first-order valence-corrected chi connectivity index (χ1v) is 0. The van der Waals surface area contributed by atoms with Gasteiger partial charge in [0.05, 0.1) is 0 Å². The molecule has 0 aliphatic heterocycles. The molecule has 0 aromatic carbocycles. The monoisotopic (exact) mass is 215 g/mol. The van der Waals surface area contributed by atoms with E-state index in [4.69, 9.17) is 0 Å². The summed E-state index contributed by atoms with van der Waals surface area (Å²) in [6.07, 6.45) is 0. The quantitative estimate of drug-likeness (QED) is 0.353. The van der Waals surface area contributed by atoms with E-state index < -0.39 is 0 Å². The van der Waals surface area contributed by atoms with Crippen LogP contribution in [0.1, 0.15) is 0 Å². The molecule has 0 N–H and O–H groups in total. The standard InChI is InChI=1S/BrH.ClH.2K.Na/h2*1H;;;/q;;3*+1/p-2. The maximum absolute atomic E-state index is 0. The van der Waals surface area contributed by atoms with Gasteiger partial charge in [0.25, 0.3) is 0 Å². The summed E-state index contributed by atoms with van der Waals surface area (Å²) in [5, 5.41) is 0. The van der Waals surface area contributed by atoms with Gasteiger partial charge in [0.2, 0.25) is 0 Å². The van der Waals surface area contributed by atoms with Crippen molar-refractivity contribution in [3.8, 4) is 0 Å². The van der Waals surface area contributed by atoms with Gasteiger partial charge < -0.3 is 29.4 Å². The van der Waals surface area contributed by atoms with E-state index in [2.05, 4.69) is 0 Å². The fourth-order valence-electron chi connectivity index (χ4n) is 0. The summed E-state index contributed by atoms with van der Waals surface area (Å²) in [6.45, 7) is 0. The molecule has 0 saturated heterocycles. The molecule has 0 fully saturated rings. The topological polar surface area (TPSA) is 0 Å². The summed E-state index contributed by atoms with van der Waals surface area (Å²) in [7, 11) is 0. The van der Waals surface area contributed by atoms with Gasteiger partial charge in [-0.15, -0.1) is 0 Å². The number of rotatable bonds is 0. The molecule has 0 aliphatic carbocycles. The van der Waals surface area contributed by atoms with Crippen LogP contribution in [0.4, 0.5) is 0 Å². The Balaban J connectivity index is 0. The fourth-order valence-corrected chi connectivity index (χ4v) is 0. The van der Waals surface area contributed by atoms with Crippen LogP contribution in [-0.2, 0) is 0 Å². The molecule has 0 atom stereocenters. The minimum absolute atomic E-state index is 0. The molecular weight excluding hydrogens is 217 g/mol. The van der Waals surface area contributed by atoms with Gasteiger partial charge in [0.15, 0.2) is 0 Å². The number of halogens is 2. The average Bonchev–Trinajstić information content (AvgIpc) is 0. The molecule has 0 saturated carbocycles. The molecule has 0 aliphatic rings. The fraction of sp³-hybridized carbons (Fsp3) is 0. The molecule has 16 valence electrons. The second-order valence-electron chi connectivity index (χ2n) is 0. The Kier molecular flexibility index (Phi) is 149. The van der Waals surface area contributed by atoms with Crippen LogP contribution in [0.15, 0.2) is 0 Å². The summed E-state index contributed by atoms with van der Waals surface area (Å²) < 4.78 is 0. The Morgan fingerprint density at radius 3 is 0.800 bits per heavy atom. The van der Waals surface area contributed by atoms with E-state index in [1.807, 2.05) is 0 Å². The largest absolute Gasteiger partial charge is 1.00 e. The SMILES string of the molecule is [Br-].[Cl-].[K+].[K+].[Na+]. The Morgan fingerprint density at radius 1 is 0.800 bits per heavy atom. The molecule has 0 radical (unpaired) electrons. The van der Waals surface area contributed by atoms with Gasteiger partial charge in [-0.3, -0.25) is 0 Å². The molecule has 0 aromatic heterocycles. The van der Waals surface area contributed by atoms with Gasteiger partial charge in [0.1, 0.15) is 0 Å². The van der Waals surface area contributed by atoms with Crippen LogP contribution in [0, 0.1) is 0 Å². The molecule has 0 spiro atoms. The molecule has 0 nitrogen and oxygen atoms in total. The van der Waals surface area contributed by atoms with Crippen molar-refractivity contribution in [3.05, 3.63) is 0 Å². The van der Waals surface area contributed by atoms with Crippen LogP contribution in [0.2, 0.25) is 0 Å². The second-order valence-corrected chi connectivity index (χ2v) is 0. The van der Waals surface area contributed by atoms with E-state index in [-0.39, 0.29) is 162 Å². The molecule has 5 heteroatoms. The van der Waals surface area contributed by atoms with Gasteiger partial charge in [-0.25, -0.2) is 0 Å². The maximum Gasteiger partial charge on any atom is 1.00 e. The average molecular weight is 217 g/mol. The minimum atomic E-state index is 0. The zero-order chi connectivity index (χ0) is 0. The van der Waals surface area contributed by atoms with Crippen molar-refractivity contribution in [2.24, 2.45) is 0 Å². The van der Waals surface area contributed by atoms with Crippen molar-refractivity contribution in [3.63, 3.8) is 0 Å². The third-order valence-electron chi connectivity index (χ3n) is 0. The third-order valence-corrected chi connectivity index (χ3v) is 0. The summed E-state index contributed by atoms with van der Waals surface area (Å²) in [6, 6.07) is 0. The van der Waals surface area contributed by atoms with Crippen LogP contribution in [-0.4, -0.2) is 0 Å². The molecule has 0 heterocycles. The molecule has 0 rings (SSSR count). The van der Waals surface area contributed by atoms with Crippen LogP contribution in [0.3, 0.4) is 0 Å². The summed E-state index contributed by atoms with van der Waals surface area (Å²) in [5.74, 6) is 0. The van der Waals surface area contributed by atoms with Crippen molar-refractivity contribution in [1.29, 1.82) is 0 Å². The predicted molar refractivity (Wildman–Crippen MR) is 0 cm³/mol. The van der Waals surface area contributed by atoms with Crippen LogP contribution in [0.25, 0.3) is 0 Å². The Labute approximate surface area is 156 Å². The van der Waals surface area contributed by atoms with Crippen molar-refractivity contribution < 1.29 is 162 Å². The normalized spacial score (nSPS) is 0. The zero-order valence-corrected chi connectivity index (χ0v) is 14.3. The molecular formula is BrClK2Na+. The molecule has 0 aromatic rings. The third kappa shape index (κ3) is 17.6. The van der Waals surface area contributed by atoms with Crippen molar-refractivity contribution >= 4 is 0 Å². The molecule has 0 unspecified atom stereocenters. The van der Waals surface area contributed by atoms with Crippen LogP contribution < -0.4 is 162 Å². The molecule has 0 bridgehead atoms. The van der Waals surface area contributed by atoms with E-state index in [9.17, 15) is 0 Å². The molecule has 5 heavy (non-hydrogen) atoms. The van der Waals surface area contributed by atoms with Gasteiger partial charge in [-0.05, 0) is 0 Å². The van der Waals surface area contributed by atoms with Gasteiger partial charge in [0, 0.05) is 0 Å². The maximum atomic E-state index is 0. The van der Waals surface area contributed by atoms with Crippen molar-refractivity contribution in [2.75, 3.05) is 0 Å². The van der Waals surface area contributed by atoms with Crippen molar-refractivity contribution in [2.45, 2.75) is 0 Å². The van der Waals surface area contributed by atoms with Gasteiger partial charge in [-0.1, -0.05) is 0 Å². The summed E-state index contributed by atoms with van der Waals surface area (Å²) in [5.41, 5.74) is 0. The van der Waals surface area contributed by atoms with Crippen molar-refractivity contribution in [1.82, 2.24) is 0 Å². The van der Waals surface area contributed by atoms with E-state index in [0.717, 1.165) is 0 Å². The Morgan fingerprint density at radius 2 is 0.800 bits per heavy atom. The summed E-state index contributed by atoms with van der Waals surface area (Å²) in [4.78, 5) is 0. The minimum Gasteiger partial charge on any atom is -1.00 e. The summed E-state index contributed by atoms with van der Waals surface area (Å²) >= 11 is 0. The number of hydrogen-bond acceptors (Lipinski definition) is 0. The number of hydrogen-bond donors (Lipinski definition) is 0. The van der Waals surface area contributed by atoms with Gasteiger partial charge in [-0.2, -0.15) is 0 Å². The predicted octanol–water partition coefficient (Wildman–Crippen LogP) is -15.0. The molecule has 0 amide bonds. The zero-order valence-electron chi connectivity index (χ0n) is 3.76. The Bertz CT molecular complexity index is 9.61. The van der Waals surface area contributed by atoms with E-state index in [1.165, 1.54) is 0 Å². The van der Waals surface area contributed by atoms with Crippen LogP contribution >= 0.6 is 0 Å². The van der Waals surface area contributed by atoms with Crippen LogP contribution in [0.5, 0.6) is 0 Å². The Hall–Kier alpha value is 5.04. The van der Waals surface area contributed by atoms with Gasteiger partial charge >= 0.3 is 132 Å². The first-order valence-electron chi connectivity index (χ1n) is 0. The first-order chi connectivity index (χ1) is 0. The second kappa shape index (κ2) is 23.0.